The monoisotopic (exact) mass is 257 g/mol. The van der Waals surface area contributed by atoms with Gasteiger partial charge in [-0.3, -0.25) is 0 Å². The minimum Gasteiger partial charge on any atom is -0.396 e. The van der Waals surface area contributed by atoms with E-state index < -0.39 is 0 Å². The second-order valence-corrected chi connectivity index (χ2v) is 5.91. The van der Waals surface area contributed by atoms with Gasteiger partial charge < -0.3 is 19.9 Å². The third kappa shape index (κ3) is 3.44. The number of aliphatic hydroxyl groups is 1. The smallest absolute Gasteiger partial charge is 0.168 e. The lowest BCUT2D eigenvalue weighted by Crippen LogP contribution is -2.47. The maximum atomic E-state index is 9.10. The second-order valence-electron chi connectivity index (χ2n) is 5.91. The van der Waals surface area contributed by atoms with Crippen LogP contribution in [0.5, 0.6) is 0 Å². The molecular formula is C14H27NO3. The molecule has 2 N–H and O–H groups in total. The molecule has 106 valence electrons. The largest absolute Gasteiger partial charge is 0.396 e. The van der Waals surface area contributed by atoms with E-state index in [2.05, 4.69) is 19.2 Å². The Bertz CT molecular complexity index is 241. The quantitative estimate of drug-likeness (QED) is 0.786. The zero-order chi connectivity index (χ0) is 13.0. The van der Waals surface area contributed by atoms with E-state index in [1.165, 1.54) is 0 Å². The normalized spacial score (nSPS) is 26.0. The van der Waals surface area contributed by atoms with Gasteiger partial charge in [0, 0.05) is 31.5 Å². The summed E-state index contributed by atoms with van der Waals surface area (Å²) in [4.78, 5) is 0. The molecule has 0 amide bonds. The summed E-state index contributed by atoms with van der Waals surface area (Å²) in [5.74, 6) is 0.301. The van der Waals surface area contributed by atoms with Gasteiger partial charge in [0.2, 0.25) is 0 Å². The topological polar surface area (TPSA) is 50.7 Å². The summed E-state index contributed by atoms with van der Waals surface area (Å²) in [7, 11) is 0. The predicted octanol–water partition coefficient (Wildman–Crippen LogP) is 1.67. The van der Waals surface area contributed by atoms with E-state index in [9.17, 15) is 0 Å². The molecule has 2 aliphatic rings. The summed E-state index contributed by atoms with van der Waals surface area (Å²) in [6, 6.07) is 0.960. The van der Waals surface area contributed by atoms with Gasteiger partial charge in [-0.25, -0.2) is 0 Å². The number of hydrogen-bond donors (Lipinski definition) is 2. The first-order valence-electron chi connectivity index (χ1n) is 7.30. The zero-order valence-corrected chi connectivity index (χ0v) is 11.7. The van der Waals surface area contributed by atoms with Gasteiger partial charge in [-0.1, -0.05) is 13.8 Å². The molecule has 0 aromatic carbocycles. The number of rotatable bonds is 5. The van der Waals surface area contributed by atoms with E-state index in [0.717, 1.165) is 45.3 Å². The third-order valence-electron chi connectivity index (χ3n) is 4.26. The molecule has 4 heteroatoms. The first-order chi connectivity index (χ1) is 8.65. The Morgan fingerprint density at radius 1 is 1.22 bits per heavy atom. The van der Waals surface area contributed by atoms with Crippen LogP contribution >= 0.6 is 0 Å². The summed E-state index contributed by atoms with van der Waals surface area (Å²) in [6.45, 7) is 6.18. The third-order valence-corrected chi connectivity index (χ3v) is 4.26. The van der Waals surface area contributed by atoms with E-state index in [0.29, 0.717) is 18.0 Å². The minimum absolute atomic E-state index is 0.261. The van der Waals surface area contributed by atoms with Crippen molar-refractivity contribution in [2.24, 2.45) is 5.92 Å². The van der Waals surface area contributed by atoms with Crippen LogP contribution in [0.1, 0.15) is 46.0 Å². The van der Waals surface area contributed by atoms with Crippen molar-refractivity contribution >= 4 is 0 Å². The molecule has 1 aliphatic heterocycles. The molecule has 1 heterocycles. The molecule has 1 aliphatic carbocycles. The van der Waals surface area contributed by atoms with Gasteiger partial charge >= 0.3 is 0 Å². The van der Waals surface area contributed by atoms with Crippen LogP contribution in [-0.4, -0.2) is 42.8 Å². The van der Waals surface area contributed by atoms with Gasteiger partial charge in [-0.05, 0) is 25.2 Å². The lowest BCUT2D eigenvalue weighted by atomic mass is 9.88. The fraction of sp³-hybridized carbons (Fsp3) is 1.00. The van der Waals surface area contributed by atoms with Crippen molar-refractivity contribution in [3.05, 3.63) is 0 Å². The fourth-order valence-electron chi connectivity index (χ4n) is 3.06. The van der Waals surface area contributed by atoms with Crippen LogP contribution in [0.4, 0.5) is 0 Å². The number of ether oxygens (including phenoxy) is 2. The Labute approximate surface area is 110 Å². The van der Waals surface area contributed by atoms with Crippen LogP contribution in [0, 0.1) is 5.92 Å². The molecule has 0 aromatic rings. The lowest BCUT2D eigenvalue weighted by Gasteiger charge is -2.37. The molecule has 1 saturated carbocycles. The van der Waals surface area contributed by atoms with E-state index in [1.54, 1.807) is 0 Å². The SMILES string of the molecule is CC(C)C(CCO)NC1CCC2(CC1)OCCO2. The standard InChI is InChI=1S/C14H27NO3/c1-11(2)13(5-8-16)15-12-3-6-14(7-4-12)17-9-10-18-14/h11-13,15-16H,3-10H2,1-2H3. The van der Waals surface area contributed by atoms with Gasteiger partial charge in [0.15, 0.2) is 5.79 Å². The molecule has 1 saturated heterocycles. The van der Waals surface area contributed by atoms with E-state index in [1.807, 2.05) is 0 Å². The van der Waals surface area contributed by atoms with Crippen LogP contribution in [0.3, 0.4) is 0 Å². The molecular weight excluding hydrogens is 230 g/mol. The maximum Gasteiger partial charge on any atom is 0.168 e. The Morgan fingerprint density at radius 3 is 2.33 bits per heavy atom. The van der Waals surface area contributed by atoms with Crippen molar-refractivity contribution in [2.45, 2.75) is 63.8 Å². The summed E-state index contributed by atoms with van der Waals surface area (Å²) < 4.78 is 11.5. The Balaban J connectivity index is 1.78. The van der Waals surface area contributed by atoms with Gasteiger partial charge in [0.25, 0.3) is 0 Å². The first kappa shape index (κ1) is 14.3. The molecule has 2 fully saturated rings. The van der Waals surface area contributed by atoms with Crippen molar-refractivity contribution in [3.63, 3.8) is 0 Å². The summed E-state index contributed by atoms with van der Waals surface area (Å²) in [5.41, 5.74) is 0. The predicted molar refractivity (Wildman–Crippen MR) is 70.4 cm³/mol. The van der Waals surface area contributed by atoms with Crippen LogP contribution < -0.4 is 5.32 Å². The van der Waals surface area contributed by atoms with Crippen LogP contribution in [0.15, 0.2) is 0 Å². The van der Waals surface area contributed by atoms with Crippen LogP contribution in [0.25, 0.3) is 0 Å². The van der Waals surface area contributed by atoms with E-state index in [4.69, 9.17) is 14.6 Å². The van der Waals surface area contributed by atoms with E-state index >= 15 is 0 Å². The summed E-state index contributed by atoms with van der Waals surface area (Å²) >= 11 is 0. The van der Waals surface area contributed by atoms with Gasteiger partial charge in [0.1, 0.15) is 0 Å². The molecule has 1 unspecified atom stereocenters. The highest BCUT2D eigenvalue weighted by atomic mass is 16.7. The van der Waals surface area contributed by atoms with Crippen molar-refractivity contribution in [2.75, 3.05) is 19.8 Å². The summed E-state index contributed by atoms with van der Waals surface area (Å²) in [5, 5.41) is 12.8. The van der Waals surface area contributed by atoms with Gasteiger partial charge in [0.05, 0.1) is 13.2 Å². The number of nitrogens with one attached hydrogen (secondary N) is 1. The fourth-order valence-corrected chi connectivity index (χ4v) is 3.06. The average molecular weight is 257 g/mol. The first-order valence-corrected chi connectivity index (χ1v) is 7.30. The second kappa shape index (κ2) is 6.33. The highest BCUT2D eigenvalue weighted by molar-refractivity contribution is 4.87. The molecule has 1 atom stereocenters. The Morgan fingerprint density at radius 2 is 1.83 bits per heavy atom. The molecule has 18 heavy (non-hydrogen) atoms. The van der Waals surface area contributed by atoms with Crippen molar-refractivity contribution in [1.29, 1.82) is 0 Å². The Kier molecular flexibility index (Phi) is 5.01. The van der Waals surface area contributed by atoms with Crippen molar-refractivity contribution in [3.8, 4) is 0 Å². The minimum atomic E-state index is -0.261. The average Bonchev–Trinajstić information content (AvgIpc) is 2.80. The van der Waals surface area contributed by atoms with Crippen molar-refractivity contribution in [1.82, 2.24) is 5.32 Å². The van der Waals surface area contributed by atoms with Gasteiger partial charge in [-0.15, -0.1) is 0 Å². The molecule has 0 aromatic heterocycles. The molecule has 0 radical (unpaired) electrons. The lowest BCUT2D eigenvalue weighted by molar-refractivity contribution is -0.179. The van der Waals surface area contributed by atoms with Crippen LogP contribution in [0.2, 0.25) is 0 Å². The summed E-state index contributed by atoms with van der Waals surface area (Å²) in [6.07, 6.45) is 5.04. The van der Waals surface area contributed by atoms with Gasteiger partial charge in [-0.2, -0.15) is 0 Å². The highest BCUT2D eigenvalue weighted by Gasteiger charge is 2.40. The molecule has 1 spiro atoms. The van der Waals surface area contributed by atoms with E-state index in [-0.39, 0.29) is 12.4 Å². The Hall–Kier alpha value is -0.160. The maximum absolute atomic E-state index is 9.10. The van der Waals surface area contributed by atoms with Crippen LogP contribution in [-0.2, 0) is 9.47 Å². The van der Waals surface area contributed by atoms with Crippen molar-refractivity contribution < 1.29 is 14.6 Å². The molecule has 0 bridgehead atoms. The zero-order valence-electron chi connectivity index (χ0n) is 11.7. The number of hydrogen-bond acceptors (Lipinski definition) is 4. The number of aliphatic hydroxyl groups excluding tert-OH is 1. The molecule has 2 rings (SSSR count). The highest BCUT2D eigenvalue weighted by Crippen LogP contribution is 2.36. The molecule has 4 nitrogen and oxygen atoms in total.